The Bertz CT molecular complexity index is 653. The summed E-state index contributed by atoms with van der Waals surface area (Å²) in [7, 11) is 0. The first-order valence-electron chi connectivity index (χ1n) is 6.59. The Labute approximate surface area is 132 Å². The van der Waals surface area contributed by atoms with Crippen molar-refractivity contribution >= 4 is 40.6 Å². The summed E-state index contributed by atoms with van der Waals surface area (Å²) in [5.41, 5.74) is 1.72. The number of carboxylic acids is 1. The molecule has 2 rings (SSSR count). The van der Waals surface area contributed by atoms with Gasteiger partial charge in [0.05, 0.1) is 12.1 Å². The van der Waals surface area contributed by atoms with Crippen molar-refractivity contribution in [1.82, 2.24) is 5.32 Å². The van der Waals surface area contributed by atoms with E-state index in [1.165, 1.54) is 0 Å². The molecule has 1 atom stereocenters. The van der Waals surface area contributed by atoms with Crippen molar-refractivity contribution in [1.29, 1.82) is 0 Å². The van der Waals surface area contributed by atoms with Crippen LogP contribution in [-0.4, -0.2) is 33.1 Å². The molecule has 1 amide bonds. The van der Waals surface area contributed by atoms with E-state index in [1.54, 1.807) is 6.92 Å². The molecule has 0 aromatic heterocycles. The summed E-state index contributed by atoms with van der Waals surface area (Å²) in [6, 6.07) is 9.77. The molecule has 22 heavy (non-hydrogen) atoms. The number of nitrogens with zero attached hydrogens (tertiary/aromatic N) is 2. The van der Waals surface area contributed by atoms with Crippen molar-refractivity contribution < 1.29 is 14.7 Å². The summed E-state index contributed by atoms with van der Waals surface area (Å²) >= 11 is 1.08. The van der Waals surface area contributed by atoms with Crippen LogP contribution in [0.4, 0.5) is 0 Å². The van der Waals surface area contributed by atoms with Crippen molar-refractivity contribution in [3.8, 4) is 0 Å². The average molecular weight is 317 g/mol. The number of nitrogens with one attached hydrogen (secondary N) is 1. The fourth-order valence-electron chi connectivity index (χ4n) is 1.68. The predicted molar refractivity (Wildman–Crippen MR) is 87.8 cm³/mol. The number of carbonyl (C=O) groups excluding carboxylic acids is 1. The third kappa shape index (κ3) is 4.85. The topological polar surface area (TPSA) is 91.1 Å². The zero-order valence-electron chi connectivity index (χ0n) is 11.9. The molecule has 7 heteroatoms. The SMILES string of the molecule is CC(/C=C\c1ccccc1)=NN=C1NC(=O)[C@@H](CC(=O)O)S1. The lowest BCUT2D eigenvalue weighted by atomic mass is 10.2. The van der Waals surface area contributed by atoms with E-state index in [4.69, 9.17) is 5.11 Å². The van der Waals surface area contributed by atoms with Crippen LogP contribution in [0.1, 0.15) is 18.9 Å². The molecule has 1 aromatic carbocycles. The van der Waals surface area contributed by atoms with E-state index in [2.05, 4.69) is 15.5 Å². The lowest BCUT2D eigenvalue weighted by Gasteiger charge is -1.97. The second kappa shape index (κ2) is 7.56. The van der Waals surface area contributed by atoms with E-state index in [0.29, 0.717) is 10.9 Å². The highest BCUT2D eigenvalue weighted by Gasteiger charge is 2.32. The Hall–Kier alpha value is -2.41. The third-order valence-corrected chi connectivity index (χ3v) is 3.82. The maximum atomic E-state index is 11.5. The highest BCUT2D eigenvalue weighted by Crippen LogP contribution is 2.22. The highest BCUT2D eigenvalue weighted by molar-refractivity contribution is 8.15. The quantitative estimate of drug-likeness (QED) is 0.643. The first kappa shape index (κ1) is 16.0. The Morgan fingerprint density at radius 3 is 2.82 bits per heavy atom. The van der Waals surface area contributed by atoms with Gasteiger partial charge < -0.3 is 10.4 Å². The highest BCUT2D eigenvalue weighted by atomic mass is 32.2. The van der Waals surface area contributed by atoms with E-state index < -0.39 is 11.2 Å². The molecule has 1 heterocycles. The van der Waals surface area contributed by atoms with Crippen molar-refractivity contribution in [3.05, 3.63) is 42.0 Å². The number of hydrogen-bond donors (Lipinski definition) is 2. The van der Waals surface area contributed by atoms with Crippen molar-refractivity contribution in [2.75, 3.05) is 0 Å². The molecule has 0 spiro atoms. The number of aliphatic carboxylic acids is 1. The second-order valence-electron chi connectivity index (χ2n) is 4.58. The summed E-state index contributed by atoms with van der Waals surface area (Å²) in [6.45, 7) is 1.79. The molecule has 1 aliphatic heterocycles. The zero-order valence-corrected chi connectivity index (χ0v) is 12.7. The van der Waals surface area contributed by atoms with E-state index >= 15 is 0 Å². The van der Waals surface area contributed by atoms with Crippen LogP contribution in [0, 0.1) is 0 Å². The van der Waals surface area contributed by atoms with Gasteiger partial charge in [-0.1, -0.05) is 48.2 Å². The van der Waals surface area contributed by atoms with Crippen LogP contribution in [0.5, 0.6) is 0 Å². The Morgan fingerprint density at radius 2 is 2.14 bits per heavy atom. The summed E-state index contributed by atoms with van der Waals surface area (Å²) in [4.78, 5) is 22.2. The standard InChI is InChI=1S/C15H15N3O3S/c1-10(7-8-11-5-3-2-4-6-11)17-18-15-16-14(21)12(22-15)9-13(19)20/h2-8,12H,9H2,1H3,(H,19,20)(H,16,18,21)/b8-7-,17-10?/t12-/m1/s1. The van der Waals surface area contributed by atoms with E-state index in [9.17, 15) is 9.59 Å². The van der Waals surface area contributed by atoms with Crippen LogP contribution in [0.2, 0.25) is 0 Å². The molecular weight excluding hydrogens is 302 g/mol. The van der Waals surface area contributed by atoms with Crippen LogP contribution in [0.3, 0.4) is 0 Å². The summed E-state index contributed by atoms with van der Waals surface area (Å²) in [5, 5.41) is 18.8. The Morgan fingerprint density at radius 1 is 1.41 bits per heavy atom. The first-order chi connectivity index (χ1) is 10.5. The molecule has 1 saturated heterocycles. The number of allylic oxidation sites excluding steroid dienone is 1. The number of hydrogen-bond acceptors (Lipinski definition) is 5. The fourth-order valence-corrected chi connectivity index (χ4v) is 2.59. The number of carboxylic acid groups (broad SMARTS) is 1. The number of benzene rings is 1. The molecule has 6 nitrogen and oxygen atoms in total. The molecule has 2 N–H and O–H groups in total. The molecule has 0 unspecified atom stereocenters. The molecule has 0 saturated carbocycles. The van der Waals surface area contributed by atoms with Crippen LogP contribution in [0.25, 0.3) is 6.08 Å². The van der Waals surface area contributed by atoms with Crippen molar-refractivity contribution in [2.24, 2.45) is 10.2 Å². The summed E-state index contributed by atoms with van der Waals surface area (Å²) in [5.74, 6) is -1.36. The van der Waals surface area contributed by atoms with Gasteiger partial charge in [0.15, 0.2) is 5.17 Å². The summed E-state index contributed by atoms with van der Waals surface area (Å²) < 4.78 is 0. The van der Waals surface area contributed by atoms with Gasteiger partial charge in [0.1, 0.15) is 5.25 Å². The second-order valence-corrected chi connectivity index (χ2v) is 5.78. The van der Waals surface area contributed by atoms with E-state index in [0.717, 1.165) is 17.3 Å². The largest absolute Gasteiger partial charge is 0.481 e. The maximum Gasteiger partial charge on any atom is 0.305 e. The van der Waals surface area contributed by atoms with Crippen molar-refractivity contribution in [2.45, 2.75) is 18.6 Å². The van der Waals surface area contributed by atoms with Gasteiger partial charge in [-0.25, -0.2) is 0 Å². The third-order valence-electron chi connectivity index (χ3n) is 2.75. The maximum absolute atomic E-state index is 11.5. The zero-order chi connectivity index (χ0) is 15.9. The molecule has 1 aromatic rings. The number of amides is 1. The van der Waals surface area contributed by atoms with Gasteiger partial charge in [-0.3, -0.25) is 9.59 Å². The minimum Gasteiger partial charge on any atom is -0.481 e. The van der Waals surface area contributed by atoms with Gasteiger partial charge in [0.2, 0.25) is 5.91 Å². The molecule has 0 radical (unpaired) electrons. The number of amidine groups is 1. The molecule has 0 aliphatic carbocycles. The van der Waals surface area contributed by atoms with E-state index in [-0.39, 0.29) is 12.3 Å². The van der Waals surface area contributed by atoms with Crippen molar-refractivity contribution in [3.63, 3.8) is 0 Å². The average Bonchev–Trinajstić information content (AvgIpc) is 2.83. The van der Waals surface area contributed by atoms with Gasteiger partial charge in [-0.2, -0.15) is 5.10 Å². The summed E-state index contributed by atoms with van der Waals surface area (Å²) in [6.07, 6.45) is 3.49. The monoisotopic (exact) mass is 317 g/mol. The molecule has 0 bridgehead atoms. The molecule has 1 aliphatic rings. The van der Waals surface area contributed by atoms with Gasteiger partial charge in [-0.05, 0) is 18.6 Å². The molecular formula is C15H15N3O3S. The van der Waals surface area contributed by atoms with Gasteiger partial charge in [0, 0.05) is 0 Å². The number of carbonyl (C=O) groups is 2. The molecule has 1 fully saturated rings. The van der Waals surface area contributed by atoms with Gasteiger partial charge >= 0.3 is 5.97 Å². The van der Waals surface area contributed by atoms with Gasteiger partial charge in [-0.15, -0.1) is 5.10 Å². The lowest BCUT2D eigenvalue weighted by molar-refractivity contribution is -0.138. The normalized spacial score (nSPS) is 20.6. The Balaban J connectivity index is 1.97. The predicted octanol–water partition coefficient (Wildman–Crippen LogP) is 2.14. The lowest BCUT2D eigenvalue weighted by Crippen LogP contribution is -2.26. The van der Waals surface area contributed by atoms with Crippen LogP contribution in [-0.2, 0) is 9.59 Å². The van der Waals surface area contributed by atoms with Gasteiger partial charge in [0.25, 0.3) is 0 Å². The van der Waals surface area contributed by atoms with Crippen LogP contribution >= 0.6 is 11.8 Å². The minimum atomic E-state index is -1.01. The number of rotatable bonds is 5. The van der Waals surface area contributed by atoms with E-state index in [1.807, 2.05) is 42.5 Å². The first-order valence-corrected chi connectivity index (χ1v) is 7.47. The van der Waals surface area contributed by atoms with Crippen LogP contribution in [0.15, 0.2) is 46.6 Å². The minimum absolute atomic E-state index is 0.230. The van der Waals surface area contributed by atoms with Crippen LogP contribution < -0.4 is 5.32 Å². The fraction of sp³-hybridized carbons (Fsp3) is 0.200. The smallest absolute Gasteiger partial charge is 0.305 e. The molecule has 114 valence electrons. The number of thioether (sulfide) groups is 1. The Kier molecular flexibility index (Phi) is 5.48.